The third-order valence-electron chi connectivity index (χ3n) is 2.88. The van der Waals surface area contributed by atoms with Gasteiger partial charge in [0.05, 0.1) is 16.0 Å². The number of aliphatic carboxylic acids is 1. The van der Waals surface area contributed by atoms with Gasteiger partial charge in [-0.3, -0.25) is 4.79 Å². The second kappa shape index (κ2) is 5.25. The molecule has 0 bridgehead atoms. The summed E-state index contributed by atoms with van der Waals surface area (Å²) in [7, 11) is 0. The summed E-state index contributed by atoms with van der Waals surface area (Å²) in [4.78, 5) is 11.1. The topological polar surface area (TPSA) is 57.5 Å². The van der Waals surface area contributed by atoms with Gasteiger partial charge in [-0.1, -0.05) is 42.3 Å². The van der Waals surface area contributed by atoms with Crippen molar-refractivity contribution < 1.29 is 15.0 Å². The van der Waals surface area contributed by atoms with Gasteiger partial charge in [0.2, 0.25) is 0 Å². The molecule has 1 rings (SSSR count). The summed E-state index contributed by atoms with van der Waals surface area (Å²) in [6, 6.07) is 4.80. The molecule has 17 heavy (non-hydrogen) atoms. The Morgan fingerprint density at radius 2 is 2.06 bits per heavy atom. The third-order valence-corrected chi connectivity index (χ3v) is 3.70. The van der Waals surface area contributed by atoms with Crippen LogP contribution in [0, 0.1) is 5.92 Å². The van der Waals surface area contributed by atoms with Crippen LogP contribution in [0.4, 0.5) is 0 Å². The summed E-state index contributed by atoms with van der Waals surface area (Å²) in [6.07, 6.45) is 0.297. The zero-order valence-electron chi connectivity index (χ0n) is 9.58. The van der Waals surface area contributed by atoms with Gasteiger partial charge in [0.25, 0.3) is 0 Å². The second-order valence-corrected chi connectivity index (χ2v) is 4.83. The van der Waals surface area contributed by atoms with Crippen molar-refractivity contribution in [2.45, 2.75) is 25.9 Å². The van der Waals surface area contributed by atoms with E-state index in [4.69, 9.17) is 28.3 Å². The number of rotatable bonds is 4. The van der Waals surface area contributed by atoms with Gasteiger partial charge in [0.1, 0.15) is 5.60 Å². The van der Waals surface area contributed by atoms with Crippen molar-refractivity contribution in [3.05, 3.63) is 33.8 Å². The standard InChI is InChI=1S/C12H14Cl2O3/c1-3-7(11(15)16)12(2,17)8-5-4-6-9(13)10(8)14/h4-7,17H,3H2,1-2H3,(H,15,16). The lowest BCUT2D eigenvalue weighted by Gasteiger charge is -2.30. The van der Waals surface area contributed by atoms with Crippen LogP contribution in [-0.2, 0) is 10.4 Å². The van der Waals surface area contributed by atoms with Gasteiger partial charge < -0.3 is 10.2 Å². The molecule has 0 aliphatic rings. The number of carboxylic acids is 1. The molecule has 0 spiro atoms. The van der Waals surface area contributed by atoms with Gasteiger partial charge in [-0.05, 0) is 19.4 Å². The molecule has 1 aromatic rings. The fraction of sp³-hybridized carbons (Fsp3) is 0.417. The number of hydrogen-bond acceptors (Lipinski definition) is 2. The highest BCUT2D eigenvalue weighted by molar-refractivity contribution is 6.42. The predicted octanol–water partition coefficient (Wildman–Crippen LogP) is 3.31. The first-order valence-corrected chi connectivity index (χ1v) is 5.97. The summed E-state index contributed by atoms with van der Waals surface area (Å²) in [6.45, 7) is 3.14. The summed E-state index contributed by atoms with van der Waals surface area (Å²) in [5, 5.41) is 20.0. The molecular formula is C12H14Cl2O3. The van der Waals surface area contributed by atoms with Gasteiger partial charge in [0, 0.05) is 5.56 Å². The molecule has 5 heteroatoms. The van der Waals surface area contributed by atoms with Crippen LogP contribution in [0.3, 0.4) is 0 Å². The van der Waals surface area contributed by atoms with Crippen molar-refractivity contribution in [1.82, 2.24) is 0 Å². The second-order valence-electron chi connectivity index (χ2n) is 4.05. The first-order chi connectivity index (χ1) is 7.82. The monoisotopic (exact) mass is 276 g/mol. The predicted molar refractivity (Wildman–Crippen MR) is 67.4 cm³/mol. The summed E-state index contributed by atoms with van der Waals surface area (Å²) in [5.74, 6) is -1.99. The van der Waals surface area contributed by atoms with Crippen molar-refractivity contribution in [2.24, 2.45) is 5.92 Å². The largest absolute Gasteiger partial charge is 0.481 e. The van der Waals surface area contributed by atoms with E-state index in [1.54, 1.807) is 25.1 Å². The molecule has 3 nitrogen and oxygen atoms in total. The molecule has 0 aliphatic carbocycles. The lowest BCUT2D eigenvalue weighted by atomic mass is 9.81. The van der Waals surface area contributed by atoms with Crippen molar-refractivity contribution in [3.8, 4) is 0 Å². The molecule has 0 saturated heterocycles. The van der Waals surface area contributed by atoms with E-state index in [1.165, 1.54) is 6.92 Å². The molecule has 2 unspecified atom stereocenters. The van der Waals surface area contributed by atoms with Crippen LogP contribution in [0.1, 0.15) is 25.8 Å². The Kier molecular flexibility index (Phi) is 4.42. The number of carboxylic acid groups (broad SMARTS) is 1. The van der Waals surface area contributed by atoms with Gasteiger partial charge in [0.15, 0.2) is 0 Å². The minimum atomic E-state index is -1.55. The molecule has 0 aromatic heterocycles. The highest BCUT2D eigenvalue weighted by Gasteiger charge is 2.39. The fourth-order valence-corrected chi connectivity index (χ4v) is 2.39. The smallest absolute Gasteiger partial charge is 0.309 e. The van der Waals surface area contributed by atoms with Crippen molar-refractivity contribution in [2.75, 3.05) is 0 Å². The Labute approximate surface area is 110 Å². The number of hydrogen-bond donors (Lipinski definition) is 2. The van der Waals surface area contributed by atoms with Crippen LogP contribution in [0.5, 0.6) is 0 Å². The Bertz CT molecular complexity index is 430. The Morgan fingerprint density at radius 3 is 2.53 bits per heavy atom. The quantitative estimate of drug-likeness (QED) is 0.887. The van der Waals surface area contributed by atoms with Crippen molar-refractivity contribution >= 4 is 29.2 Å². The number of aliphatic hydroxyl groups is 1. The summed E-state index contributed by atoms with van der Waals surface area (Å²) in [5.41, 5.74) is -1.22. The number of benzene rings is 1. The molecule has 1 aromatic carbocycles. The average molecular weight is 277 g/mol. The van der Waals surface area contributed by atoms with E-state index < -0.39 is 17.5 Å². The van der Waals surface area contributed by atoms with E-state index >= 15 is 0 Å². The average Bonchev–Trinajstić information content (AvgIpc) is 2.21. The van der Waals surface area contributed by atoms with Crippen LogP contribution in [0.25, 0.3) is 0 Å². The maximum atomic E-state index is 11.1. The van der Waals surface area contributed by atoms with E-state index in [0.29, 0.717) is 17.0 Å². The van der Waals surface area contributed by atoms with Crippen molar-refractivity contribution in [3.63, 3.8) is 0 Å². The van der Waals surface area contributed by atoms with Crippen LogP contribution >= 0.6 is 23.2 Å². The fourth-order valence-electron chi connectivity index (χ4n) is 1.89. The molecule has 0 saturated carbocycles. The van der Waals surface area contributed by atoms with E-state index in [-0.39, 0.29) is 5.02 Å². The Hall–Kier alpha value is -0.770. The highest BCUT2D eigenvalue weighted by Crippen LogP contribution is 2.38. The molecule has 0 aliphatic heterocycles. The lowest BCUT2D eigenvalue weighted by molar-refractivity contribution is -0.152. The normalized spacial score (nSPS) is 16.3. The highest BCUT2D eigenvalue weighted by atomic mass is 35.5. The van der Waals surface area contributed by atoms with Gasteiger partial charge >= 0.3 is 5.97 Å². The van der Waals surface area contributed by atoms with Crippen LogP contribution in [0.2, 0.25) is 10.0 Å². The van der Waals surface area contributed by atoms with Gasteiger partial charge in [-0.25, -0.2) is 0 Å². The maximum Gasteiger partial charge on any atom is 0.309 e. The van der Waals surface area contributed by atoms with Crippen LogP contribution in [0.15, 0.2) is 18.2 Å². The maximum absolute atomic E-state index is 11.1. The van der Waals surface area contributed by atoms with Gasteiger partial charge in [-0.2, -0.15) is 0 Å². The Morgan fingerprint density at radius 1 is 1.47 bits per heavy atom. The SMILES string of the molecule is CCC(C(=O)O)C(C)(O)c1cccc(Cl)c1Cl. The zero-order chi connectivity index (χ0) is 13.2. The van der Waals surface area contributed by atoms with E-state index in [2.05, 4.69) is 0 Å². The summed E-state index contributed by atoms with van der Waals surface area (Å²) >= 11 is 11.9. The van der Waals surface area contributed by atoms with Crippen LogP contribution in [-0.4, -0.2) is 16.2 Å². The number of halogens is 2. The molecule has 2 N–H and O–H groups in total. The minimum absolute atomic E-state index is 0.193. The molecule has 0 fully saturated rings. The van der Waals surface area contributed by atoms with Crippen molar-refractivity contribution in [1.29, 1.82) is 0 Å². The molecule has 0 heterocycles. The number of carbonyl (C=O) groups is 1. The molecule has 0 radical (unpaired) electrons. The molecule has 2 atom stereocenters. The van der Waals surface area contributed by atoms with Crippen LogP contribution < -0.4 is 0 Å². The van der Waals surface area contributed by atoms with Gasteiger partial charge in [-0.15, -0.1) is 0 Å². The lowest BCUT2D eigenvalue weighted by Crippen LogP contribution is -2.37. The Balaban J connectivity index is 3.29. The van der Waals surface area contributed by atoms with E-state index in [1.807, 2.05) is 0 Å². The molecular weight excluding hydrogens is 263 g/mol. The first-order valence-electron chi connectivity index (χ1n) is 5.22. The van der Waals surface area contributed by atoms with E-state index in [0.717, 1.165) is 0 Å². The third kappa shape index (κ3) is 2.73. The zero-order valence-corrected chi connectivity index (χ0v) is 11.1. The molecule has 94 valence electrons. The molecule has 0 amide bonds. The minimum Gasteiger partial charge on any atom is -0.481 e. The van der Waals surface area contributed by atoms with E-state index in [9.17, 15) is 9.90 Å². The first kappa shape index (κ1) is 14.3. The summed E-state index contributed by atoms with van der Waals surface area (Å²) < 4.78 is 0.